The number of hydrogen-bond donors (Lipinski definition) is 2. The average molecular weight is 341 g/mol. The van der Waals surface area contributed by atoms with Gasteiger partial charge in [-0.15, -0.1) is 0 Å². The van der Waals surface area contributed by atoms with Crippen molar-refractivity contribution in [3.63, 3.8) is 0 Å². The van der Waals surface area contributed by atoms with Crippen molar-refractivity contribution < 1.29 is 18.3 Å². The van der Waals surface area contributed by atoms with E-state index in [9.17, 15) is 18.3 Å². The molecule has 1 atom stereocenters. The summed E-state index contributed by atoms with van der Waals surface area (Å²) in [6, 6.07) is 0.962. The molecule has 1 rings (SSSR count). The maximum Gasteiger partial charge on any atom is 0.419 e. The number of aromatic nitrogens is 1. The van der Waals surface area contributed by atoms with Crippen molar-refractivity contribution in [1.29, 1.82) is 0 Å². The molecule has 2 N–H and O–H groups in total. The fourth-order valence-electron chi connectivity index (χ4n) is 1.64. The first kappa shape index (κ1) is 16.2. The minimum atomic E-state index is -4.48. The predicted molar refractivity (Wildman–Crippen MR) is 70.9 cm³/mol. The molecule has 0 fully saturated rings. The molecule has 7 heteroatoms. The van der Waals surface area contributed by atoms with Crippen molar-refractivity contribution in [3.05, 3.63) is 22.3 Å². The first-order valence-electron chi connectivity index (χ1n) is 5.84. The van der Waals surface area contributed by atoms with Gasteiger partial charge < -0.3 is 10.4 Å². The molecule has 0 radical (unpaired) electrons. The number of halogens is 4. The summed E-state index contributed by atoms with van der Waals surface area (Å²) in [5, 5.41) is 12.2. The fraction of sp³-hybridized carbons (Fsp3) is 0.583. The van der Waals surface area contributed by atoms with E-state index in [0.717, 1.165) is 6.07 Å². The van der Waals surface area contributed by atoms with Crippen LogP contribution in [0.15, 0.2) is 16.7 Å². The molecule has 0 bridgehead atoms. The summed E-state index contributed by atoms with van der Waals surface area (Å²) in [7, 11) is 0. The monoisotopic (exact) mass is 340 g/mol. The van der Waals surface area contributed by atoms with Crippen LogP contribution in [-0.2, 0) is 6.18 Å². The van der Waals surface area contributed by atoms with Gasteiger partial charge in [-0.3, -0.25) is 0 Å². The Balaban J connectivity index is 2.78. The SMILES string of the molecule is CC(C)CC(O)CNc1ncc(Br)cc1C(F)(F)F. The van der Waals surface area contributed by atoms with Gasteiger partial charge in [0.25, 0.3) is 0 Å². The van der Waals surface area contributed by atoms with Gasteiger partial charge in [-0.05, 0) is 34.3 Å². The molecule has 108 valence electrons. The lowest BCUT2D eigenvalue weighted by Gasteiger charge is -2.17. The molecule has 0 aliphatic carbocycles. The van der Waals surface area contributed by atoms with E-state index in [-0.39, 0.29) is 22.8 Å². The van der Waals surface area contributed by atoms with Gasteiger partial charge in [-0.25, -0.2) is 4.98 Å². The molecule has 3 nitrogen and oxygen atoms in total. The normalized spacial score (nSPS) is 13.7. The minimum Gasteiger partial charge on any atom is -0.391 e. The fourth-order valence-corrected chi connectivity index (χ4v) is 1.97. The highest BCUT2D eigenvalue weighted by Gasteiger charge is 2.34. The number of rotatable bonds is 5. The first-order valence-corrected chi connectivity index (χ1v) is 6.64. The van der Waals surface area contributed by atoms with Gasteiger partial charge >= 0.3 is 6.18 Å². The number of nitrogens with zero attached hydrogens (tertiary/aromatic N) is 1. The van der Waals surface area contributed by atoms with E-state index >= 15 is 0 Å². The third-order valence-corrected chi connectivity index (χ3v) is 2.84. The van der Waals surface area contributed by atoms with E-state index in [1.165, 1.54) is 6.20 Å². The van der Waals surface area contributed by atoms with Crippen molar-refractivity contribution in [2.45, 2.75) is 32.5 Å². The molecule has 0 spiro atoms. The Morgan fingerprint density at radius 3 is 2.58 bits per heavy atom. The van der Waals surface area contributed by atoms with Gasteiger partial charge in [0.1, 0.15) is 5.82 Å². The average Bonchev–Trinajstić information content (AvgIpc) is 2.25. The van der Waals surface area contributed by atoms with Crippen LogP contribution in [0.4, 0.5) is 19.0 Å². The van der Waals surface area contributed by atoms with Crippen LogP contribution in [0.3, 0.4) is 0 Å². The Kier molecular flexibility index (Phi) is 5.61. The third-order valence-electron chi connectivity index (χ3n) is 2.41. The molecule has 1 aromatic heterocycles. The van der Waals surface area contributed by atoms with Crippen LogP contribution < -0.4 is 5.32 Å². The maximum atomic E-state index is 12.8. The largest absolute Gasteiger partial charge is 0.419 e. The molecule has 0 saturated heterocycles. The Hall–Kier alpha value is -0.820. The summed E-state index contributed by atoms with van der Waals surface area (Å²) in [4.78, 5) is 3.71. The highest BCUT2D eigenvalue weighted by Crippen LogP contribution is 2.35. The molecule has 1 unspecified atom stereocenters. The summed E-state index contributed by atoms with van der Waals surface area (Å²) in [5.74, 6) is 0.00951. The van der Waals surface area contributed by atoms with Crippen molar-refractivity contribution in [1.82, 2.24) is 4.98 Å². The van der Waals surface area contributed by atoms with E-state index in [4.69, 9.17) is 0 Å². The van der Waals surface area contributed by atoms with Crippen molar-refractivity contribution in [3.8, 4) is 0 Å². The van der Waals surface area contributed by atoms with Crippen molar-refractivity contribution in [2.75, 3.05) is 11.9 Å². The number of alkyl halides is 3. The van der Waals surface area contributed by atoms with Crippen LogP contribution in [0.2, 0.25) is 0 Å². The molecular formula is C12H16BrF3N2O. The number of anilines is 1. The standard InChI is InChI=1S/C12H16BrF3N2O/c1-7(2)3-9(19)6-18-11-10(12(14,15)16)4-8(13)5-17-11/h4-5,7,9,19H,3,6H2,1-2H3,(H,17,18). The maximum absolute atomic E-state index is 12.8. The highest BCUT2D eigenvalue weighted by molar-refractivity contribution is 9.10. The Morgan fingerprint density at radius 2 is 2.05 bits per heavy atom. The van der Waals surface area contributed by atoms with Crippen LogP contribution in [0, 0.1) is 5.92 Å². The van der Waals surface area contributed by atoms with Gasteiger partial charge in [0.15, 0.2) is 0 Å². The second-order valence-electron chi connectivity index (χ2n) is 4.71. The molecule has 0 aliphatic rings. The van der Waals surface area contributed by atoms with Gasteiger partial charge in [0, 0.05) is 17.2 Å². The predicted octanol–water partition coefficient (Wildman–Crippen LogP) is 3.68. The second-order valence-corrected chi connectivity index (χ2v) is 5.63. The van der Waals surface area contributed by atoms with Crippen LogP contribution in [0.1, 0.15) is 25.8 Å². The van der Waals surface area contributed by atoms with Gasteiger partial charge in [0.2, 0.25) is 0 Å². The molecule has 0 amide bonds. The van der Waals surface area contributed by atoms with Crippen molar-refractivity contribution >= 4 is 21.7 Å². The lowest BCUT2D eigenvalue weighted by molar-refractivity contribution is -0.137. The van der Waals surface area contributed by atoms with Crippen LogP contribution in [-0.4, -0.2) is 22.7 Å². The van der Waals surface area contributed by atoms with E-state index in [0.29, 0.717) is 6.42 Å². The number of aliphatic hydroxyl groups is 1. The lowest BCUT2D eigenvalue weighted by Crippen LogP contribution is -2.23. The summed E-state index contributed by atoms with van der Waals surface area (Å²) >= 11 is 2.96. The van der Waals surface area contributed by atoms with Crippen LogP contribution >= 0.6 is 15.9 Å². The zero-order valence-corrected chi connectivity index (χ0v) is 12.2. The van der Waals surface area contributed by atoms with Gasteiger partial charge in [-0.1, -0.05) is 13.8 Å². The highest BCUT2D eigenvalue weighted by atomic mass is 79.9. The van der Waals surface area contributed by atoms with Gasteiger partial charge in [0.05, 0.1) is 11.7 Å². The van der Waals surface area contributed by atoms with Crippen molar-refractivity contribution in [2.24, 2.45) is 5.92 Å². The number of nitrogens with one attached hydrogen (secondary N) is 1. The number of aliphatic hydroxyl groups excluding tert-OH is 1. The van der Waals surface area contributed by atoms with Gasteiger partial charge in [-0.2, -0.15) is 13.2 Å². The van der Waals surface area contributed by atoms with Crippen LogP contribution in [0.5, 0.6) is 0 Å². The first-order chi connectivity index (χ1) is 8.70. The zero-order valence-electron chi connectivity index (χ0n) is 10.6. The summed E-state index contributed by atoms with van der Waals surface area (Å²) in [6.07, 6.45) is -3.38. The second kappa shape index (κ2) is 6.56. The topological polar surface area (TPSA) is 45.1 Å². The van der Waals surface area contributed by atoms with E-state index in [1.807, 2.05) is 13.8 Å². The molecule has 19 heavy (non-hydrogen) atoms. The Labute approximate surface area is 118 Å². The molecule has 0 aromatic carbocycles. The molecular weight excluding hydrogens is 325 g/mol. The quantitative estimate of drug-likeness (QED) is 0.859. The third kappa shape index (κ3) is 5.36. The lowest BCUT2D eigenvalue weighted by atomic mass is 10.1. The zero-order chi connectivity index (χ0) is 14.6. The smallest absolute Gasteiger partial charge is 0.391 e. The number of pyridine rings is 1. The number of hydrogen-bond acceptors (Lipinski definition) is 3. The van der Waals surface area contributed by atoms with Crippen LogP contribution in [0.25, 0.3) is 0 Å². The molecule has 1 heterocycles. The van der Waals surface area contributed by atoms with E-state index in [1.54, 1.807) is 0 Å². The molecule has 0 aliphatic heterocycles. The van der Waals surface area contributed by atoms with E-state index in [2.05, 4.69) is 26.2 Å². The summed E-state index contributed by atoms with van der Waals surface area (Å²) < 4.78 is 38.7. The minimum absolute atomic E-state index is 0.0376. The molecule has 0 saturated carbocycles. The Morgan fingerprint density at radius 1 is 1.42 bits per heavy atom. The molecule has 1 aromatic rings. The summed E-state index contributed by atoms with van der Waals surface area (Å²) in [5.41, 5.74) is -0.848. The Bertz CT molecular complexity index is 424. The summed E-state index contributed by atoms with van der Waals surface area (Å²) in [6.45, 7) is 3.90. The van der Waals surface area contributed by atoms with E-state index < -0.39 is 17.8 Å².